The lowest BCUT2D eigenvalue weighted by Gasteiger charge is -2.27. The fraction of sp³-hybridized carbons (Fsp3) is 0.375. The molecule has 0 bridgehead atoms. The van der Waals surface area contributed by atoms with Crippen LogP contribution in [0.25, 0.3) is 0 Å². The van der Waals surface area contributed by atoms with E-state index in [4.69, 9.17) is 4.74 Å². The van der Waals surface area contributed by atoms with E-state index in [1.54, 1.807) is 13.3 Å². The van der Waals surface area contributed by atoms with Crippen LogP contribution in [0.1, 0.15) is 16.8 Å². The van der Waals surface area contributed by atoms with Gasteiger partial charge in [0.15, 0.2) is 0 Å². The number of aryl methyl sites for hydroxylation is 1. The van der Waals surface area contributed by atoms with Gasteiger partial charge in [-0.1, -0.05) is 12.1 Å². The van der Waals surface area contributed by atoms with Gasteiger partial charge in [0, 0.05) is 37.0 Å². The van der Waals surface area contributed by atoms with Gasteiger partial charge in [-0.3, -0.25) is 0 Å². The summed E-state index contributed by atoms with van der Waals surface area (Å²) in [5, 5.41) is 0. The average molecular weight is 333 g/mol. The monoisotopic (exact) mass is 333 g/mol. The molecule has 1 aliphatic rings. The van der Waals surface area contributed by atoms with Crippen LogP contribution in [0.3, 0.4) is 0 Å². The van der Waals surface area contributed by atoms with E-state index in [-0.39, 0.29) is 5.75 Å². The predicted octanol–water partition coefficient (Wildman–Crippen LogP) is 1.42. The summed E-state index contributed by atoms with van der Waals surface area (Å²) in [6, 6.07) is 7.48. The molecule has 0 saturated heterocycles. The van der Waals surface area contributed by atoms with Crippen molar-refractivity contribution >= 4 is 10.0 Å². The minimum Gasteiger partial charge on any atom is -0.497 e. The van der Waals surface area contributed by atoms with Crippen molar-refractivity contribution in [2.24, 2.45) is 0 Å². The van der Waals surface area contributed by atoms with Gasteiger partial charge < -0.3 is 4.74 Å². The lowest BCUT2D eigenvalue weighted by atomic mass is 10.1. The Balaban J connectivity index is 1.65. The molecule has 0 fully saturated rings. The number of hydrogen-bond acceptors (Lipinski definition) is 5. The van der Waals surface area contributed by atoms with Crippen LogP contribution in [-0.4, -0.2) is 42.1 Å². The summed E-state index contributed by atoms with van der Waals surface area (Å²) in [4.78, 5) is 8.18. The van der Waals surface area contributed by atoms with Gasteiger partial charge in [-0.2, -0.15) is 4.31 Å². The van der Waals surface area contributed by atoms with E-state index in [0.717, 1.165) is 22.6 Å². The van der Waals surface area contributed by atoms with E-state index >= 15 is 0 Å². The Bertz CT molecular complexity index is 775. The fourth-order valence-electron chi connectivity index (χ4n) is 2.65. The van der Waals surface area contributed by atoms with Gasteiger partial charge in [-0.25, -0.2) is 18.4 Å². The average Bonchev–Trinajstić information content (AvgIpc) is 2.60. The van der Waals surface area contributed by atoms with Gasteiger partial charge in [0.05, 0.1) is 12.9 Å². The molecule has 122 valence electrons. The van der Waals surface area contributed by atoms with E-state index in [9.17, 15) is 8.42 Å². The summed E-state index contributed by atoms with van der Waals surface area (Å²) in [6.07, 6.45) is 4.33. The summed E-state index contributed by atoms with van der Waals surface area (Å²) in [5.41, 5.74) is 2.82. The number of benzene rings is 1. The van der Waals surface area contributed by atoms with Crippen molar-refractivity contribution in [3.8, 4) is 5.75 Å². The van der Waals surface area contributed by atoms with Crippen LogP contribution in [0.4, 0.5) is 0 Å². The van der Waals surface area contributed by atoms with Crippen LogP contribution in [0, 0.1) is 0 Å². The van der Waals surface area contributed by atoms with E-state index in [0.29, 0.717) is 25.9 Å². The van der Waals surface area contributed by atoms with Gasteiger partial charge in [0.25, 0.3) is 0 Å². The molecule has 0 N–H and O–H groups in total. The van der Waals surface area contributed by atoms with Crippen LogP contribution in [0.2, 0.25) is 0 Å². The molecule has 0 spiro atoms. The highest BCUT2D eigenvalue weighted by atomic mass is 32.2. The summed E-state index contributed by atoms with van der Waals surface area (Å²) in [5.74, 6) is 0.867. The number of rotatable bonds is 5. The second kappa shape index (κ2) is 6.64. The first kappa shape index (κ1) is 15.9. The molecule has 0 aliphatic carbocycles. The number of ether oxygens (including phenoxy) is 1. The minimum atomic E-state index is -3.29. The number of aromatic nitrogens is 2. The number of hydrogen-bond donors (Lipinski definition) is 0. The Morgan fingerprint density at radius 3 is 2.78 bits per heavy atom. The molecule has 6 nitrogen and oxygen atoms in total. The SMILES string of the molecule is COc1ccc(CCS(=O)(=O)N2CCc3ncncc3C2)cc1. The quantitative estimate of drug-likeness (QED) is 0.827. The Kier molecular flexibility index (Phi) is 4.58. The second-order valence-corrected chi connectivity index (χ2v) is 7.58. The molecule has 1 aromatic heterocycles. The molecule has 2 heterocycles. The Hall–Kier alpha value is -1.99. The molecule has 0 atom stereocenters. The van der Waals surface area contributed by atoms with Crippen molar-refractivity contribution in [1.29, 1.82) is 0 Å². The maximum Gasteiger partial charge on any atom is 0.214 e. The van der Waals surface area contributed by atoms with Crippen molar-refractivity contribution in [3.05, 3.63) is 53.6 Å². The van der Waals surface area contributed by atoms with E-state index in [2.05, 4.69) is 9.97 Å². The largest absolute Gasteiger partial charge is 0.497 e. The lowest BCUT2D eigenvalue weighted by Crippen LogP contribution is -2.38. The van der Waals surface area contributed by atoms with Gasteiger partial charge in [-0.15, -0.1) is 0 Å². The molecule has 23 heavy (non-hydrogen) atoms. The molecule has 3 rings (SSSR count). The predicted molar refractivity (Wildman–Crippen MR) is 86.6 cm³/mol. The molecule has 0 radical (unpaired) electrons. The maximum absolute atomic E-state index is 12.6. The maximum atomic E-state index is 12.6. The molecule has 2 aromatic rings. The number of methoxy groups -OCH3 is 1. The number of nitrogens with zero attached hydrogens (tertiary/aromatic N) is 3. The summed E-state index contributed by atoms with van der Waals surface area (Å²) in [7, 11) is -1.68. The first-order chi connectivity index (χ1) is 11.1. The molecule has 1 aliphatic heterocycles. The van der Waals surface area contributed by atoms with Crippen LogP contribution < -0.4 is 4.74 Å². The van der Waals surface area contributed by atoms with Crippen molar-refractivity contribution in [3.63, 3.8) is 0 Å². The Labute approximate surface area is 136 Å². The lowest BCUT2D eigenvalue weighted by molar-refractivity contribution is 0.386. The van der Waals surface area contributed by atoms with Gasteiger partial charge in [0.1, 0.15) is 12.1 Å². The minimum absolute atomic E-state index is 0.0996. The van der Waals surface area contributed by atoms with Crippen molar-refractivity contribution in [2.45, 2.75) is 19.4 Å². The normalized spacial score (nSPS) is 15.2. The Morgan fingerprint density at radius 2 is 2.04 bits per heavy atom. The molecule has 0 saturated carbocycles. The van der Waals surface area contributed by atoms with Crippen LogP contribution in [0.15, 0.2) is 36.8 Å². The number of sulfonamides is 1. The molecular formula is C16H19N3O3S. The van der Waals surface area contributed by atoms with E-state index < -0.39 is 10.0 Å². The highest BCUT2D eigenvalue weighted by molar-refractivity contribution is 7.89. The van der Waals surface area contributed by atoms with Crippen LogP contribution in [0.5, 0.6) is 5.75 Å². The number of fused-ring (bicyclic) bond motifs is 1. The van der Waals surface area contributed by atoms with Crippen LogP contribution in [-0.2, 0) is 29.4 Å². The van der Waals surface area contributed by atoms with Gasteiger partial charge in [0.2, 0.25) is 10.0 Å². The third-order valence-electron chi connectivity index (χ3n) is 4.03. The molecule has 1 aromatic carbocycles. The zero-order chi connectivity index (χ0) is 16.3. The van der Waals surface area contributed by atoms with Crippen molar-refractivity contribution in [2.75, 3.05) is 19.4 Å². The summed E-state index contributed by atoms with van der Waals surface area (Å²) >= 11 is 0. The summed E-state index contributed by atoms with van der Waals surface area (Å²) < 4.78 is 31.7. The smallest absolute Gasteiger partial charge is 0.214 e. The van der Waals surface area contributed by atoms with Crippen LogP contribution >= 0.6 is 0 Å². The standard InChI is InChI=1S/C16H19N3O3S/c1-22-15-4-2-13(3-5-15)7-9-23(20,21)19-8-6-16-14(11-19)10-17-12-18-16/h2-5,10,12H,6-9,11H2,1H3. The molecular weight excluding hydrogens is 314 g/mol. The second-order valence-electron chi connectivity index (χ2n) is 5.49. The first-order valence-electron chi connectivity index (χ1n) is 7.47. The first-order valence-corrected chi connectivity index (χ1v) is 9.08. The summed E-state index contributed by atoms with van der Waals surface area (Å²) in [6.45, 7) is 0.843. The third kappa shape index (κ3) is 3.68. The zero-order valence-electron chi connectivity index (χ0n) is 13.0. The highest BCUT2D eigenvalue weighted by Gasteiger charge is 2.27. The van der Waals surface area contributed by atoms with Crippen molar-refractivity contribution < 1.29 is 13.2 Å². The van der Waals surface area contributed by atoms with E-state index in [1.807, 2.05) is 24.3 Å². The van der Waals surface area contributed by atoms with Gasteiger partial charge in [-0.05, 0) is 24.1 Å². The van der Waals surface area contributed by atoms with Crippen molar-refractivity contribution in [1.82, 2.24) is 14.3 Å². The highest BCUT2D eigenvalue weighted by Crippen LogP contribution is 2.19. The molecule has 0 amide bonds. The molecule has 7 heteroatoms. The zero-order valence-corrected chi connectivity index (χ0v) is 13.8. The molecule has 0 unspecified atom stereocenters. The fourth-order valence-corrected chi connectivity index (χ4v) is 4.10. The van der Waals surface area contributed by atoms with E-state index in [1.165, 1.54) is 10.6 Å². The Morgan fingerprint density at radius 1 is 1.26 bits per heavy atom. The van der Waals surface area contributed by atoms with Gasteiger partial charge >= 0.3 is 0 Å². The topological polar surface area (TPSA) is 72.4 Å². The third-order valence-corrected chi connectivity index (χ3v) is 5.85.